The fourth-order valence-electron chi connectivity index (χ4n) is 2.62. The Morgan fingerprint density at radius 1 is 1.43 bits per heavy atom. The molecule has 0 N–H and O–H groups in total. The van der Waals surface area contributed by atoms with E-state index in [2.05, 4.69) is 0 Å². The number of hydrogen-bond acceptors (Lipinski definition) is 5. The highest BCUT2D eigenvalue weighted by Crippen LogP contribution is 2.30. The second-order valence-electron chi connectivity index (χ2n) is 5.44. The molecule has 0 aromatic heterocycles. The van der Waals surface area contributed by atoms with E-state index in [0.717, 1.165) is 31.5 Å². The van der Waals surface area contributed by atoms with Crippen molar-refractivity contribution in [2.45, 2.75) is 45.6 Å². The molecule has 2 aliphatic rings. The van der Waals surface area contributed by atoms with Crippen LogP contribution in [0.15, 0.2) is 11.3 Å². The van der Waals surface area contributed by atoms with Crippen LogP contribution in [-0.2, 0) is 19.1 Å². The molecule has 1 fully saturated rings. The second-order valence-corrected chi connectivity index (χ2v) is 5.44. The smallest absolute Gasteiger partial charge is 0.325 e. The van der Waals surface area contributed by atoms with E-state index < -0.39 is 0 Å². The lowest BCUT2D eigenvalue weighted by atomic mass is 10.0. The average Bonchev–Trinajstić information content (AvgIpc) is 3.27. The van der Waals surface area contributed by atoms with Gasteiger partial charge in [0.1, 0.15) is 6.54 Å². The van der Waals surface area contributed by atoms with Crippen molar-refractivity contribution >= 4 is 18.3 Å². The van der Waals surface area contributed by atoms with Crippen molar-refractivity contribution in [3.63, 3.8) is 0 Å². The van der Waals surface area contributed by atoms with Gasteiger partial charge in [0.2, 0.25) is 6.41 Å². The summed E-state index contributed by atoms with van der Waals surface area (Å²) in [4.78, 5) is 38.4. The van der Waals surface area contributed by atoms with E-state index >= 15 is 0 Å². The fraction of sp³-hybridized carbons (Fsp3) is 0.667. The third-order valence-corrected chi connectivity index (χ3v) is 3.94. The maximum Gasteiger partial charge on any atom is 0.325 e. The van der Waals surface area contributed by atoms with Crippen LogP contribution >= 0.6 is 0 Å². The fourth-order valence-corrected chi connectivity index (χ4v) is 2.62. The highest BCUT2D eigenvalue weighted by atomic mass is 16.5. The predicted octanol–water partition coefficient (Wildman–Crippen LogP) is 1.07. The highest BCUT2D eigenvalue weighted by Gasteiger charge is 2.35. The number of rotatable bonds is 6. The largest absolute Gasteiger partial charge is 0.465 e. The molecule has 2 rings (SSSR count). The quantitative estimate of drug-likeness (QED) is 0.541. The maximum absolute atomic E-state index is 12.5. The van der Waals surface area contributed by atoms with Crippen molar-refractivity contribution in [1.29, 1.82) is 0 Å². The van der Waals surface area contributed by atoms with Crippen LogP contribution in [0.1, 0.15) is 39.5 Å². The molecule has 6 heteroatoms. The van der Waals surface area contributed by atoms with Gasteiger partial charge in [-0.2, -0.15) is 0 Å². The van der Waals surface area contributed by atoms with Gasteiger partial charge >= 0.3 is 5.97 Å². The zero-order valence-electron chi connectivity index (χ0n) is 12.6. The Labute approximate surface area is 124 Å². The number of carbonyl (C=O) groups is 3. The summed E-state index contributed by atoms with van der Waals surface area (Å²) in [5.41, 5.74) is 1.43. The minimum absolute atomic E-state index is 0.0655. The molecule has 0 unspecified atom stereocenters. The first-order chi connectivity index (χ1) is 10.1. The minimum atomic E-state index is -0.292. The van der Waals surface area contributed by atoms with Crippen LogP contribution in [0.4, 0.5) is 0 Å². The third-order valence-electron chi connectivity index (χ3n) is 3.94. The number of ether oxygens (including phenoxy) is 1. The van der Waals surface area contributed by atoms with Crippen molar-refractivity contribution in [1.82, 2.24) is 9.80 Å². The predicted molar refractivity (Wildman–Crippen MR) is 76.1 cm³/mol. The van der Waals surface area contributed by atoms with E-state index in [4.69, 9.17) is 4.74 Å². The van der Waals surface area contributed by atoms with E-state index in [1.807, 2.05) is 11.8 Å². The molecule has 1 aliphatic carbocycles. The molecule has 0 radical (unpaired) electrons. The van der Waals surface area contributed by atoms with Gasteiger partial charge in [-0.05, 0) is 39.5 Å². The van der Waals surface area contributed by atoms with Gasteiger partial charge in [-0.3, -0.25) is 19.3 Å². The Morgan fingerprint density at radius 3 is 2.71 bits per heavy atom. The number of allylic oxidation sites excluding steroid dienone is 1. The summed E-state index contributed by atoms with van der Waals surface area (Å²) >= 11 is 0. The molecular formula is C15H22N2O4. The van der Waals surface area contributed by atoms with E-state index in [-0.39, 0.29) is 24.5 Å². The van der Waals surface area contributed by atoms with Crippen molar-refractivity contribution in [2.75, 3.05) is 19.7 Å². The van der Waals surface area contributed by atoms with Gasteiger partial charge in [-0.25, -0.2) is 0 Å². The van der Waals surface area contributed by atoms with E-state index in [1.165, 1.54) is 4.90 Å². The molecule has 0 spiro atoms. The SMILES string of the molecule is CCOC(=O)CN1CCCC(C(=O)N(C=O)C2CC2)=C1C. The molecule has 0 atom stereocenters. The Bertz CT molecular complexity index is 468. The number of nitrogens with zero attached hydrogens (tertiary/aromatic N) is 2. The first kappa shape index (κ1) is 15.5. The summed E-state index contributed by atoms with van der Waals surface area (Å²) in [6, 6.07) is 0.0655. The third kappa shape index (κ3) is 3.62. The van der Waals surface area contributed by atoms with Gasteiger partial charge in [-0.1, -0.05) is 0 Å². The summed E-state index contributed by atoms with van der Waals surface area (Å²) in [6.07, 6.45) is 3.87. The molecular weight excluding hydrogens is 272 g/mol. The second kappa shape index (κ2) is 6.74. The molecule has 2 amide bonds. The normalized spacial score (nSPS) is 18.5. The lowest BCUT2D eigenvalue weighted by Crippen LogP contribution is -2.39. The number of amides is 2. The van der Waals surface area contributed by atoms with Crippen LogP contribution in [0.5, 0.6) is 0 Å². The van der Waals surface area contributed by atoms with Crippen LogP contribution in [0.2, 0.25) is 0 Å². The highest BCUT2D eigenvalue weighted by molar-refractivity contribution is 6.00. The molecule has 1 heterocycles. The standard InChI is InChI=1S/C15H22N2O4/c1-3-21-14(19)9-16-8-4-5-13(11(16)2)15(20)17(10-18)12-6-7-12/h10,12H,3-9H2,1-2H3. The van der Waals surface area contributed by atoms with Crippen molar-refractivity contribution in [2.24, 2.45) is 0 Å². The molecule has 21 heavy (non-hydrogen) atoms. The number of hydrogen-bond donors (Lipinski definition) is 0. The van der Waals surface area contributed by atoms with E-state index in [1.54, 1.807) is 6.92 Å². The Balaban J connectivity index is 2.11. The number of carbonyl (C=O) groups excluding carboxylic acids is 3. The van der Waals surface area contributed by atoms with Gasteiger partial charge in [0.05, 0.1) is 6.61 Å². The van der Waals surface area contributed by atoms with E-state index in [9.17, 15) is 14.4 Å². The summed E-state index contributed by atoms with van der Waals surface area (Å²) < 4.78 is 4.95. The van der Waals surface area contributed by atoms with Gasteiger partial charge in [0.25, 0.3) is 5.91 Å². The number of esters is 1. The Kier molecular flexibility index (Phi) is 4.98. The molecule has 0 bridgehead atoms. The monoisotopic (exact) mass is 294 g/mol. The van der Waals surface area contributed by atoms with E-state index in [0.29, 0.717) is 25.0 Å². The van der Waals surface area contributed by atoms with Crippen LogP contribution in [0.3, 0.4) is 0 Å². The van der Waals surface area contributed by atoms with Crippen LogP contribution < -0.4 is 0 Å². The summed E-state index contributed by atoms with van der Waals surface area (Å²) in [6.45, 7) is 4.83. The summed E-state index contributed by atoms with van der Waals surface area (Å²) in [5.74, 6) is -0.501. The Hall–Kier alpha value is -1.85. The summed E-state index contributed by atoms with van der Waals surface area (Å²) in [5, 5.41) is 0. The topological polar surface area (TPSA) is 66.9 Å². The lowest BCUT2D eigenvalue weighted by Gasteiger charge is -2.32. The molecule has 116 valence electrons. The lowest BCUT2D eigenvalue weighted by molar-refractivity contribution is -0.144. The molecule has 0 aromatic rings. The number of imide groups is 1. The van der Waals surface area contributed by atoms with Gasteiger partial charge in [0, 0.05) is 23.9 Å². The first-order valence-corrected chi connectivity index (χ1v) is 7.46. The zero-order valence-corrected chi connectivity index (χ0v) is 12.6. The summed E-state index contributed by atoms with van der Waals surface area (Å²) in [7, 11) is 0. The van der Waals surface area contributed by atoms with Crippen molar-refractivity contribution < 1.29 is 19.1 Å². The van der Waals surface area contributed by atoms with Gasteiger partial charge < -0.3 is 9.64 Å². The maximum atomic E-state index is 12.5. The molecule has 0 saturated heterocycles. The first-order valence-electron chi connectivity index (χ1n) is 7.46. The molecule has 1 saturated carbocycles. The molecule has 0 aromatic carbocycles. The zero-order chi connectivity index (χ0) is 15.4. The van der Waals surface area contributed by atoms with Crippen LogP contribution in [0, 0.1) is 0 Å². The van der Waals surface area contributed by atoms with Crippen LogP contribution in [0.25, 0.3) is 0 Å². The minimum Gasteiger partial charge on any atom is -0.465 e. The average molecular weight is 294 g/mol. The van der Waals surface area contributed by atoms with Crippen LogP contribution in [-0.4, -0.2) is 53.8 Å². The van der Waals surface area contributed by atoms with Crippen molar-refractivity contribution in [3.8, 4) is 0 Å². The van der Waals surface area contributed by atoms with Gasteiger partial charge in [-0.15, -0.1) is 0 Å². The van der Waals surface area contributed by atoms with Gasteiger partial charge in [0.15, 0.2) is 0 Å². The Morgan fingerprint density at radius 2 is 2.14 bits per heavy atom. The molecule has 1 aliphatic heterocycles. The molecule has 6 nitrogen and oxygen atoms in total. The van der Waals surface area contributed by atoms with Crippen molar-refractivity contribution in [3.05, 3.63) is 11.3 Å².